The van der Waals surface area contributed by atoms with E-state index in [0.29, 0.717) is 55.9 Å². The first kappa shape index (κ1) is 22.0. The first-order valence-corrected chi connectivity index (χ1v) is 11.9. The lowest BCUT2D eigenvalue weighted by atomic mass is 10.1. The van der Waals surface area contributed by atoms with E-state index in [1.165, 1.54) is 10.4 Å². The van der Waals surface area contributed by atoms with E-state index >= 15 is 0 Å². The van der Waals surface area contributed by atoms with Crippen LogP contribution >= 0.6 is 11.6 Å². The lowest BCUT2D eigenvalue weighted by Gasteiger charge is -2.31. The lowest BCUT2D eigenvalue weighted by molar-refractivity contribution is 0.0730. The van der Waals surface area contributed by atoms with Crippen molar-refractivity contribution in [3.63, 3.8) is 0 Å². The van der Waals surface area contributed by atoms with E-state index < -0.39 is 15.9 Å². The van der Waals surface area contributed by atoms with Gasteiger partial charge in [-0.15, -0.1) is 0 Å². The summed E-state index contributed by atoms with van der Waals surface area (Å²) in [7, 11) is -3.74. The number of morpholine rings is 2. The number of carbonyl (C=O) groups is 1. The van der Waals surface area contributed by atoms with Crippen molar-refractivity contribution in [3.05, 3.63) is 53.1 Å². The zero-order valence-corrected chi connectivity index (χ0v) is 18.5. The van der Waals surface area contributed by atoms with Crippen molar-refractivity contribution in [2.24, 2.45) is 0 Å². The highest BCUT2D eigenvalue weighted by atomic mass is 35.5. The third kappa shape index (κ3) is 5.02. The Morgan fingerprint density at radius 2 is 1.61 bits per heavy atom. The number of ether oxygens (including phenoxy) is 2. The van der Waals surface area contributed by atoms with Gasteiger partial charge in [0.1, 0.15) is 0 Å². The van der Waals surface area contributed by atoms with Crippen LogP contribution in [0.3, 0.4) is 0 Å². The zero-order valence-electron chi connectivity index (χ0n) is 16.9. The Balaban J connectivity index is 1.70. The summed E-state index contributed by atoms with van der Waals surface area (Å²) in [4.78, 5) is 15.3. The minimum atomic E-state index is -3.74. The maximum Gasteiger partial charge on any atom is 0.257 e. The summed E-state index contributed by atoms with van der Waals surface area (Å²) in [6, 6.07) is 11.5. The Kier molecular flexibility index (Phi) is 6.78. The number of benzene rings is 2. The SMILES string of the molecule is O=C(Nc1cccc(Cl)c1)c1cc(S(=O)(=O)N2CCOCC2)ccc1N1CCOCC1. The van der Waals surface area contributed by atoms with Gasteiger partial charge in [0.2, 0.25) is 10.0 Å². The summed E-state index contributed by atoms with van der Waals surface area (Å²) < 4.78 is 38.4. The highest BCUT2D eigenvalue weighted by Crippen LogP contribution is 2.28. The third-order valence-corrected chi connectivity index (χ3v) is 7.38. The van der Waals surface area contributed by atoms with E-state index in [9.17, 15) is 13.2 Å². The van der Waals surface area contributed by atoms with Crippen molar-refractivity contribution in [3.8, 4) is 0 Å². The van der Waals surface area contributed by atoms with Crippen LogP contribution in [0.5, 0.6) is 0 Å². The van der Waals surface area contributed by atoms with E-state index in [0.717, 1.165) is 0 Å². The Labute approximate surface area is 186 Å². The van der Waals surface area contributed by atoms with Gasteiger partial charge in [-0.05, 0) is 36.4 Å². The molecule has 1 amide bonds. The molecule has 0 bridgehead atoms. The van der Waals surface area contributed by atoms with Crippen molar-refractivity contribution >= 4 is 38.9 Å². The first-order chi connectivity index (χ1) is 14.9. The first-order valence-electron chi connectivity index (χ1n) is 10.1. The Hall–Kier alpha value is -2.17. The highest BCUT2D eigenvalue weighted by molar-refractivity contribution is 7.89. The van der Waals surface area contributed by atoms with Gasteiger partial charge in [-0.1, -0.05) is 17.7 Å². The normalized spacial score (nSPS) is 18.0. The second-order valence-corrected chi connectivity index (χ2v) is 9.63. The molecule has 2 saturated heterocycles. The number of nitrogens with one attached hydrogen (secondary N) is 1. The molecule has 0 saturated carbocycles. The largest absolute Gasteiger partial charge is 0.379 e. The van der Waals surface area contributed by atoms with Gasteiger partial charge in [0, 0.05) is 42.6 Å². The van der Waals surface area contributed by atoms with Crippen LogP contribution in [0, 0.1) is 0 Å². The molecule has 2 aromatic carbocycles. The Bertz CT molecular complexity index is 1050. The van der Waals surface area contributed by atoms with Gasteiger partial charge in [-0.2, -0.15) is 4.31 Å². The molecule has 2 aliphatic heterocycles. The van der Waals surface area contributed by atoms with Crippen LogP contribution in [-0.4, -0.2) is 71.2 Å². The second kappa shape index (κ2) is 9.54. The minimum absolute atomic E-state index is 0.0858. The van der Waals surface area contributed by atoms with Crippen LogP contribution < -0.4 is 10.2 Å². The second-order valence-electron chi connectivity index (χ2n) is 7.26. The highest BCUT2D eigenvalue weighted by Gasteiger charge is 2.29. The standard InChI is InChI=1S/C21H24ClN3O5S/c22-16-2-1-3-17(14-16)23-21(26)19-15-18(31(27,28)25-8-12-30-13-9-25)4-5-20(19)24-6-10-29-11-7-24/h1-5,14-15H,6-13H2,(H,23,26). The molecule has 31 heavy (non-hydrogen) atoms. The number of halogens is 1. The van der Waals surface area contributed by atoms with Crippen molar-refractivity contribution < 1.29 is 22.7 Å². The predicted molar refractivity (Wildman–Crippen MR) is 118 cm³/mol. The van der Waals surface area contributed by atoms with Crippen LogP contribution in [0.25, 0.3) is 0 Å². The van der Waals surface area contributed by atoms with Gasteiger partial charge in [-0.3, -0.25) is 4.79 Å². The van der Waals surface area contributed by atoms with Gasteiger partial charge in [0.15, 0.2) is 0 Å². The molecule has 0 aromatic heterocycles. The minimum Gasteiger partial charge on any atom is -0.379 e. The van der Waals surface area contributed by atoms with Crippen LogP contribution in [-0.2, 0) is 19.5 Å². The molecule has 2 heterocycles. The number of sulfonamides is 1. The van der Waals surface area contributed by atoms with Gasteiger partial charge < -0.3 is 19.7 Å². The van der Waals surface area contributed by atoms with E-state index in [-0.39, 0.29) is 23.5 Å². The number of nitrogens with zero attached hydrogens (tertiary/aromatic N) is 2. The molecule has 0 spiro atoms. The van der Waals surface area contributed by atoms with E-state index in [1.807, 2.05) is 4.90 Å². The molecule has 4 rings (SSSR count). The molecule has 1 N–H and O–H groups in total. The Morgan fingerprint density at radius 3 is 2.29 bits per heavy atom. The van der Waals surface area contributed by atoms with Gasteiger partial charge in [0.25, 0.3) is 5.91 Å². The smallest absolute Gasteiger partial charge is 0.257 e. The van der Waals surface area contributed by atoms with Crippen LogP contribution in [0.1, 0.15) is 10.4 Å². The van der Waals surface area contributed by atoms with Crippen LogP contribution in [0.15, 0.2) is 47.4 Å². The summed E-state index contributed by atoms with van der Waals surface area (Å²) in [5.41, 5.74) is 1.49. The molecule has 0 atom stereocenters. The molecular formula is C21H24ClN3O5S. The van der Waals surface area contributed by atoms with Crippen molar-refractivity contribution in [1.29, 1.82) is 0 Å². The van der Waals surface area contributed by atoms with Crippen LogP contribution in [0.2, 0.25) is 5.02 Å². The summed E-state index contributed by atoms with van der Waals surface area (Å²) in [6.07, 6.45) is 0. The quantitative estimate of drug-likeness (QED) is 0.729. The fourth-order valence-electron chi connectivity index (χ4n) is 3.64. The molecule has 2 fully saturated rings. The van der Waals surface area contributed by atoms with E-state index in [2.05, 4.69) is 5.32 Å². The van der Waals surface area contributed by atoms with Crippen molar-refractivity contribution in [2.75, 3.05) is 62.8 Å². The molecule has 0 radical (unpaired) electrons. The van der Waals surface area contributed by atoms with Crippen LogP contribution in [0.4, 0.5) is 11.4 Å². The molecule has 2 aliphatic rings. The van der Waals surface area contributed by atoms with Crippen molar-refractivity contribution in [1.82, 2.24) is 4.31 Å². The molecule has 2 aromatic rings. The molecule has 0 unspecified atom stereocenters. The fraction of sp³-hybridized carbons (Fsp3) is 0.381. The zero-order chi connectivity index (χ0) is 21.8. The number of rotatable bonds is 5. The fourth-order valence-corrected chi connectivity index (χ4v) is 5.26. The topological polar surface area (TPSA) is 88.2 Å². The maximum atomic E-state index is 13.2. The molecule has 8 nitrogen and oxygen atoms in total. The Morgan fingerprint density at radius 1 is 0.935 bits per heavy atom. The molecular weight excluding hydrogens is 442 g/mol. The predicted octanol–water partition coefficient (Wildman–Crippen LogP) is 2.45. The molecule has 10 heteroatoms. The number of amides is 1. The van der Waals surface area contributed by atoms with E-state index in [4.69, 9.17) is 21.1 Å². The molecule has 166 valence electrons. The lowest BCUT2D eigenvalue weighted by Crippen LogP contribution is -2.41. The third-order valence-electron chi connectivity index (χ3n) is 5.25. The van der Waals surface area contributed by atoms with E-state index in [1.54, 1.807) is 36.4 Å². The average Bonchev–Trinajstić information content (AvgIpc) is 2.80. The number of hydrogen-bond acceptors (Lipinski definition) is 6. The number of carbonyl (C=O) groups excluding carboxylic acids is 1. The number of anilines is 2. The molecule has 0 aliphatic carbocycles. The monoisotopic (exact) mass is 465 g/mol. The number of hydrogen-bond donors (Lipinski definition) is 1. The summed E-state index contributed by atoms with van der Waals surface area (Å²) >= 11 is 6.03. The summed E-state index contributed by atoms with van der Waals surface area (Å²) in [5, 5.41) is 3.32. The van der Waals surface area contributed by atoms with Gasteiger partial charge in [0.05, 0.1) is 36.9 Å². The van der Waals surface area contributed by atoms with Crippen molar-refractivity contribution in [2.45, 2.75) is 4.90 Å². The maximum absolute atomic E-state index is 13.2. The average molecular weight is 466 g/mol. The summed E-state index contributed by atoms with van der Waals surface area (Å²) in [5.74, 6) is -0.400. The van der Waals surface area contributed by atoms with Gasteiger partial charge in [-0.25, -0.2) is 8.42 Å². The summed E-state index contributed by atoms with van der Waals surface area (Å²) in [6.45, 7) is 3.61. The van der Waals surface area contributed by atoms with Gasteiger partial charge >= 0.3 is 0 Å².